The first kappa shape index (κ1) is 20.7. The Morgan fingerprint density at radius 3 is 2.62 bits per heavy atom. The summed E-state index contributed by atoms with van der Waals surface area (Å²) >= 11 is 0. The highest BCUT2D eigenvalue weighted by Gasteiger charge is 2.36. The topological polar surface area (TPSA) is 102 Å². The number of nitrogens with zero attached hydrogens (tertiary/aromatic N) is 1. The third-order valence-electron chi connectivity index (χ3n) is 4.72. The molecule has 154 valence electrons. The van der Waals surface area contributed by atoms with E-state index in [1.807, 2.05) is 0 Å². The molecule has 0 bridgehead atoms. The zero-order valence-electron chi connectivity index (χ0n) is 16.3. The molecule has 0 radical (unpaired) electrons. The van der Waals surface area contributed by atoms with E-state index in [2.05, 4.69) is 5.32 Å². The van der Waals surface area contributed by atoms with Gasteiger partial charge in [-0.25, -0.2) is 13.2 Å². The van der Waals surface area contributed by atoms with Crippen LogP contribution in [0.1, 0.15) is 22.8 Å². The molecule has 2 aromatic rings. The minimum atomic E-state index is -3.59. The third kappa shape index (κ3) is 4.04. The Morgan fingerprint density at radius 2 is 1.93 bits per heavy atom. The van der Waals surface area contributed by atoms with Crippen molar-refractivity contribution in [3.05, 3.63) is 53.6 Å². The lowest BCUT2D eigenvalue weighted by Crippen LogP contribution is -2.49. The molecule has 8 nitrogen and oxygen atoms in total. The number of ether oxygens (including phenoxy) is 2. The number of nitrogens with one attached hydrogen (secondary N) is 1. The van der Waals surface area contributed by atoms with Crippen LogP contribution in [0.5, 0.6) is 5.75 Å². The number of amides is 1. The first-order chi connectivity index (χ1) is 13.8. The lowest BCUT2D eigenvalue weighted by atomic mass is 10.1. The molecule has 1 aliphatic heterocycles. The fraction of sp³-hybridized carbons (Fsp3) is 0.300. The normalized spacial score (nSPS) is 15.8. The molecule has 0 saturated heterocycles. The molecule has 0 unspecified atom stereocenters. The van der Waals surface area contributed by atoms with E-state index in [4.69, 9.17) is 9.47 Å². The molecule has 1 aliphatic rings. The molecule has 3 rings (SSSR count). The van der Waals surface area contributed by atoms with Gasteiger partial charge in [-0.1, -0.05) is 18.2 Å². The number of methoxy groups -OCH3 is 1. The molecule has 2 aromatic carbocycles. The van der Waals surface area contributed by atoms with Crippen molar-refractivity contribution < 1.29 is 27.5 Å². The van der Waals surface area contributed by atoms with Crippen LogP contribution in [0.2, 0.25) is 0 Å². The molecular formula is C20H22N2O6S. The van der Waals surface area contributed by atoms with Gasteiger partial charge in [0.2, 0.25) is 10.0 Å². The van der Waals surface area contributed by atoms with Crippen molar-refractivity contribution in [2.45, 2.75) is 20.0 Å². The van der Waals surface area contributed by atoms with Crippen molar-refractivity contribution in [3.8, 4) is 5.75 Å². The van der Waals surface area contributed by atoms with Crippen LogP contribution in [0.25, 0.3) is 0 Å². The lowest BCUT2D eigenvalue weighted by molar-refractivity contribution is -0.122. The SMILES string of the molecule is CCS(=O)(=O)N1C[C@@H](C(=O)Nc2cccc(C(=O)OC)c2C)Oc2ccccc21. The molecule has 0 fully saturated rings. The molecule has 9 heteroatoms. The Balaban J connectivity index is 1.89. The second-order valence-corrected chi connectivity index (χ2v) is 8.65. The summed E-state index contributed by atoms with van der Waals surface area (Å²) in [5.41, 5.74) is 1.70. The average Bonchev–Trinajstić information content (AvgIpc) is 2.73. The first-order valence-corrected chi connectivity index (χ1v) is 10.6. The smallest absolute Gasteiger partial charge is 0.338 e. The summed E-state index contributed by atoms with van der Waals surface area (Å²) in [6.07, 6.45) is -1.05. The number of fused-ring (bicyclic) bond motifs is 1. The summed E-state index contributed by atoms with van der Waals surface area (Å²) in [5.74, 6) is -0.811. The van der Waals surface area contributed by atoms with E-state index in [0.717, 1.165) is 0 Å². The zero-order valence-corrected chi connectivity index (χ0v) is 17.2. The van der Waals surface area contributed by atoms with Crippen LogP contribution in [0.15, 0.2) is 42.5 Å². The van der Waals surface area contributed by atoms with Crippen molar-refractivity contribution in [1.29, 1.82) is 0 Å². The molecule has 0 aromatic heterocycles. The van der Waals surface area contributed by atoms with Gasteiger partial charge in [0.25, 0.3) is 5.91 Å². The second kappa shape index (κ2) is 8.12. The van der Waals surface area contributed by atoms with E-state index in [-0.39, 0.29) is 12.3 Å². The molecular weight excluding hydrogens is 396 g/mol. The molecule has 29 heavy (non-hydrogen) atoms. The zero-order chi connectivity index (χ0) is 21.2. The van der Waals surface area contributed by atoms with Crippen molar-refractivity contribution >= 4 is 33.3 Å². The van der Waals surface area contributed by atoms with E-state index in [9.17, 15) is 18.0 Å². The molecule has 0 saturated carbocycles. The van der Waals surface area contributed by atoms with Crippen molar-refractivity contribution in [2.75, 3.05) is 29.0 Å². The van der Waals surface area contributed by atoms with Gasteiger partial charge < -0.3 is 14.8 Å². The Labute approximate surface area is 169 Å². The average molecular weight is 418 g/mol. The molecule has 1 N–H and O–H groups in total. The Morgan fingerprint density at radius 1 is 1.21 bits per heavy atom. The Hall–Kier alpha value is -3.07. The van der Waals surface area contributed by atoms with Gasteiger partial charge in [-0.3, -0.25) is 9.10 Å². The molecule has 0 aliphatic carbocycles. The largest absolute Gasteiger partial charge is 0.476 e. The van der Waals surface area contributed by atoms with Gasteiger partial charge in [0, 0.05) is 5.69 Å². The molecule has 1 amide bonds. The van der Waals surface area contributed by atoms with E-state index in [1.54, 1.807) is 56.3 Å². The van der Waals surface area contributed by atoms with E-state index in [0.29, 0.717) is 28.3 Å². The number of benzene rings is 2. The van der Waals surface area contributed by atoms with E-state index >= 15 is 0 Å². The van der Waals surface area contributed by atoms with Crippen molar-refractivity contribution in [1.82, 2.24) is 0 Å². The summed E-state index contributed by atoms with van der Waals surface area (Å²) in [7, 11) is -2.31. The van der Waals surface area contributed by atoms with Crippen LogP contribution in [0.3, 0.4) is 0 Å². The number of carbonyl (C=O) groups excluding carboxylic acids is 2. The minimum Gasteiger partial charge on any atom is -0.476 e. The number of carbonyl (C=O) groups is 2. The monoisotopic (exact) mass is 418 g/mol. The summed E-state index contributed by atoms with van der Waals surface area (Å²) < 4.78 is 36.8. The highest BCUT2D eigenvalue weighted by Crippen LogP contribution is 2.35. The number of hydrogen-bond acceptors (Lipinski definition) is 6. The van der Waals surface area contributed by atoms with Gasteiger partial charge in [-0.05, 0) is 43.7 Å². The minimum absolute atomic E-state index is 0.101. The molecule has 0 spiro atoms. The molecule has 1 heterocycles. The molecule has 1 atom stereocenters. The summed E-state index contributed by atoms with van der Waals surface area (Å²) in [4.78, 5) is 24.7. The van der Waals surface area contributed by atoms with Crippen LogP contribution in [0.4, 0.5) is 11.4 Å². The van der Waals surface area contributed by atoms with E-state index in [1.165, 1.54) is 11.4 Å². The van der Waals surface area contributed by atoms with Crippen molar-refractivity contribution in [2.24, 2.45) is 0 Å². The predicted molar refractivity (Wildman–Crippen MR) is 109 cm³/mol. The number of sulfonamides is 1. The summed E-state index contributed by atoms with van der Waals surface area (Å²) in [6.45, 7) is 3.09. The Kier molecular flexibility index (Phi) is 5.78. The van der Waals surface area contributed by atoms with Gasteiger partial charge in [0.15, 0.2) is 6.10 Å². The lowest BCUT2D eigenvalue weighted by Gasteiger charge is -2.34. The van der Waals surface area contributed by atoms with Gasteiger partial charge in [-0.15, -0.1) is 0 Å². The van der Waals surface area contributed by atoms with Gasteiger partial charge in [0.1, 0.15) is 5.75 Å². The van der Waals surface area contributed by atoms with Crippen LogP contribution in [-0.4, -0.2) is 45.8 Å². The Bertz CT molecular complexity index is 1050. The number of anilines is 2. The predicted octanol–water partition coefficient (Wildman–Crippen LogP) is 2.34. The number of esters is 1. The number of para-hydroxylation sites is 2. The fourth-order valence-electron chi connectivity index (χ4n) is 3.07. The first-order valence-electron chi connectivity index (χ1n) is 9.03. The van der Waals surface area contributed by atoms with Gasteiger partial charge >= 0.3 is 5.97 Å². The van der Waals surface area contributed by atoms with Crippen molar-refractivity contribution in [3.63, 3.8) is 0 Å². The van der Waals surface area contributed by atoms with Crippen LogP contribution < -0.4 is 14.4 Å². The second-order valence-electron chi connectivity index (χ2n) is 6.46. The summed E-state index contributed by atoms with van der Waals surface area (Å²) in [6, 6.07) is 11.6. The van der Waals surface area contributed by atoms with E-state index < -0.39 is 28.0 Å². The number of hydrogen-bond donors (Lipinski definition) is 1. The van der Waals surface area contributed by atoms with Gasteiger partial charge in [0.05, 0.1) is 30.7 Å². The highest BCUT2D eigenvalue weighted by atomic mass is 32.2. The maximum atomic E-state index is 12.9. The highest BCUT2D eigenvalue weighted by molar-refractivity contribution is 7.92. The summed E-state index contributed by atoms with van der Waals surface area (Å²) in [5, 5.41) is 2.73. The fourth-order valence-corrected chi connectivity index (χ4v) is 4.20. The van der Waals surface area contributed by atoms with Crippen LogP contribution in [0, 0.1) is 6.92 Å². The number of rotatable bonds is 5. The van der Waals surface area contributed by atoms with Crippen LogP contribution in [-0.2, 0) is 19.6 Å². The maximum absolute atomic E-state index is 12.9. The maximum Gasteiger partial charge on any atom is 0.338 e. The third-order valence-corrected chi connectivity index (χ3v) is 6.47. The van der Waals surface area contributed by atoms with Crippen LogP contribution >= 0.6 is 0 Å². The van der Waals surface area contributed by atoms with Gasteiger partial charge in [-0.2, -0.15) is 0 Å². The standard InChI is InChI=1S/C20H22N2O6S/c1-4-29(25,26)22-12-18(28-17-11-6-5-10-16(17)22)19(23)21-15-9-7-8-14(13(15)2)20(24)27-3/h5-11,18H,4,12H2,1-3H3,(H,21,23)/t18-/m0/s1. The quantitative estimate of drug-likeness (QED) is 0.748.